The maximum atomic E-state index is 12.0. The molecule has 0 aliphatic carbocycles. The molecule has 1 atom stereocenters. The fraction of sp³-hybridized carbons (Fsp3) is 0.429. The lowest BCUT2D eigenvalue weighted by Gasteiger charge is -2.13. The molecule has 0 heterocycles. The van der Waals surface area contributed by atoms with E-state index in [9.17, 15) is 18.4 Å². The Morgan fingerprint density at radius 1 is 1.27 bits per heavy atom. The lowest BCUT2D eigenvalue weighted by Crippen LogP contribution is -2.41. The first-order chi connectivity index (χ1) is 10.4. The average Bonchev–Trinajstić information content (AvgIpc) is 2.44. The van der Waals surface area contributed by atoms with Crippen molar-refractivity contribution in [3.8, 4) is 5.75 Å². The van der Waals surface area contributed by atoms with Gasteiger partial charge in [-0.2, -0.15) is 8.78 Å². The second-order valence-electron chi connectivity index (χ2n) is 4.51. The third kappa shape index (κ3) is 6.49. The van der Waals surface area contributed by atoms with Crippen LogP contribution in [-0.2, 0) is 9.59 Å². The molecule has 122 valence electrons. The Balaban J connectivity index is 2.46. The van der Waals surface area contributed by atoms with Crippen LogP contribution < -0.4 is 15.4 Å². The van der Waals surface area contributed by atoms with Crippen molar-refractivity contribution >= 4 is 17.6 Å². The number of alkyl halides is 2. The summed E-state index contributed by atoms with van der Waals surface area (Å²) in [5.74, 6) is -1.45. The van der Waals surface area contributed by atoms with Crippen LogP contribution in [0.5, 0.6) is 5.75 Å². The van der Waals surface area contributed by atoms with Gasteiger partial charge in [0.1, 0.15) is 11.8 Å². The summed E-state index contributed by atoms with van der Waals surface area (Å²) in [6.07, 6.45) is 1.10. The first-order valence-electron chi connectivity index (χ1n) is 6.73. The van der Waals surface area contributed by atoms with Crippen molar-refractivity contribution in [3.05, 3.63) is 24.3 Å². The van der Waals surface area contributed by atoms with Crippen LogP contribution in [-0.4, -0.2) is 36.2 Å². The summed E-state index contributed by atoms with van der Waals surface area (Å²) in [4.78, 5) is 22.6. The van der Waals surface area contributed by atoms with E-state index in [1.165, 1.54) is 24.3 Å². The molecule has 1 aromatic carbocycles. The van der Waals surface area contributed by atoms with Crippen LogP contribution in [0.15, 0.2) is 24.3 Å². The minimum atomic E-state index is -2.91. The highest BCUT2D eigenvalue weighted by Crippen LogP contribution is 2.17. The highest BCUT2D eigenvalue weighted by atomic mass is 19.3. The minimum absolute atomic E-state index is 0.0139. The number of hydrogen-bond donors (Lipinski definition) is 3. The van der Waals surface area contributed by atoms with Crippen LogP contribution in [0.3, 0.4) is 0 Å². The van der Waals surface area contributed by atoms with Gasteiger partial charge < -0.3 is 15.2 Å². The second-order valence-corrected chi connectivity index (χ2v) is 4.51. The fourth-order valence-electron chi connectivity index (χ4n) is 1.74. The number of anilines is 1. The minimum Gasteiger partial charge on any atom is -0.480 e. The topological polar surface area (TPSA) is 87.7 Å². The predicted molar refractivity (Wildman–Crippen MR) is 76.0 cm³/mol. The van der Waals surface area contributed by atoms with Gasteiger partial charge in [0, 0.05) is 5.69 Å². The van der Waals surface area contributed by atoms with Crippen molar-refractivity contribution in [1.82, 2.24) is 5.32 Å². The maximum absolute atomic E-state index is 12.0. The Morgan fingerprint density at radius 2 is 1.91 bits per heavy atom. The smallest absolute Gasteiger partial charge is 0.387 e. The highest BCUT2D eigenvalue weighted by Gasteiger charge is 2.16. The van der Waals surface area contributed by atoms with Gasteiger partial charge in [0.2, 0.25) is 5.91 Å². The van der Waals surface area contributed by atoms with Crippen molar-refractivity contribution < 1.29 is 28.2 Å². The van der Waals surface area contributed by atoms with Crippen LogP contribution >= 0.6 is 0 Å². The summed E-state index contributed by atoms with van der Waals surface area (Å²) in [6, 6.07) is 4.64. The number of hydrogen-bond acceptors (Lipinski definition) is 4. The molecule has 6 nitrogen and oxygen atoms in total. The van der Waals surface area contributed by atoms with E-state index in [0.29, 0.717) is 18.5 Å². The molecule has 0 radical (unpaired) electrons. The van der Waals surface area contributed by atoms with Crippen LogP contribution in [0.1, 0.15) is 19.8 Å². The van der Waals surface area contributed by atoms with Gasteiger partial charge in [0.15, 0.2) is 0 Å². The van der Waals surface area contributed by atoms with Crippen LogP contribution in [0, 0.1) is 0 Å². The molecule has 0 bridgehead atoms. The number of carbonyl (C=O) groups is 2. The number of carbonyl (C=O) groups excluding carboxylic acids is 1. The van der Waals surface area contributed by atoms with Gasteiger partial charge >= 0.3 is 12.6 Å². The lowest BCUT2D eigenvalue weighted by molar-refractivity contribution is -0.139. The van der Waals surface area contributed by atoms with Gasteiger partial charge in [-0.1, -0.05) is 13.3 Å². The Morgan fingerprint density at radius 3 is 2.41 bits per heavy atom. The van der Waals surface area contributed by atoms with Crippen LogP contribution in [0.2, 0.25) is 0 Å². The van der Waals surface area contributed by atoms with Crippen molar-refractivity contribution in [2.24, 2.45) is 0 Å². The molecule has 0 spiro atoms. The number of rotatable bonds is 9. The zero-order valence-corrected chi connectivity index (χ0v) is 12.0. The normalized spacial score (nSPS) is 12.0. The molecule has 0 saturated heterocycles. The van der Waals surface area contributed by atoms with E-state index in [4.69, 9.17) is 5.11 Å². The standard InChI is InChI=1S/C14H18F2N2O4/c1-2-3-11(13(20)21)17-8-12(19)18-9-4-6-10(7-5-9)22-14(15)16/h4-7,11,14,17H,2-3,8H2,1H3,(H,18,19)(H,20,21). The van der Waals surface area contributed by atoms with Crippen molar-refractivity contribution in [1.29, 1.82) is 0 Å². The molecule has 0 saturated carbocycles. The number of aliphatic carboxylic acids is 1. The Labute approximate surface area is 126 Å². The van der Waals surface area contributed by atoms with Crippen molar-refractivity contribution in [2.45, 2.75) is 32.4 Å². The number of ether oxygens (including phenoxy) is 1. The molecule has 1 aromatic rings. The summed E-state index contributed by atoms with van der Waals surface area (Å²) in [5.41, 5.74) is 0.399. The van der Waals surface area contributed by atoms with Gasteiger partial charge in [0.05, 0.1) is 6.54 Å². The number of nitrogens with one attached hydrogen (secondary N) is 2. The summed E-state index contributed by atoms with van der Waals surface area (Å²) in [5, 5.41) is 14.1. The Bertz CT molecular complexity index is 494. The summed E-state index contributed by atoms with van der Waals surface area (Å²) in [7, 11) is 0. The van der Waals surface area contributed by atoms with E-state index in [0.717, 1.165) is 0 Å². The van der Waals surface area contributed by atoms with Gasteiger partial charge in [-0.15, -0.1) is 0 Å². The Kier molecular flexibility index (Phi) is 7.24. The summed E-state index contributed by atoms with van der Waals surface area (Å²) in [6.45, 7) is -1.22. The molecule has 0 aliphatic rings. The maximum Gasteiger partial charge on any atom is 0.387 e. The number of benzene rings is 1. The molecule has 22 heavy (non-hydrogen) atoms. The van der Waals surface area contributed by atoms with Crippen molar-refractivity contribution in [3.63, 3.8) is 0 Å². The van der Waals surface area contributed by atoms with Crippen LogP contribution in [0.25, 0.3) is 0 Å². The van der Waals surface area contributed by atoms with E-state index in [1.807, 2.05) is 6.92 Å². The number of carboxylic acid groups (broad SMARTS) is 1. The molecular weight excluding hydrogens is 298 g/mol. The molecule has 1 amide bonds. The van der Waals surface area contributed by atoms with E-state index < -0.39 is 24.5 Å². The van der Waals surface area contributed by atoms with E-state index in [1.54, 1.807) is 0 Å². The van der Waals surface area contributed by atoms with Gasteiger partial charge in [-0.3, -0.25) is 14.9 Å². The molecule has 1 unspecified atom stereocenters. The first-order valence-corrected chi connectivity index (χ1v) is 6.73. The molecule has 0 fully saturated rings. The van der Waals surface area contributed by atoms with E-state index >= 15 is 0 Å². The number of halogens is 2. The Hall–Kier alpha value is -2.22. The third-order valence-corrected chi connectivity index (χ3v) is 2.75. The first kappa shape index (κ1) is 17.8. The predicted octanol–water partition coefficient (Wildman–Crippen LogP) is 2.07. The van der Waals surface area contributed by atoms with Crippen molar-refractivity contribution in [2.75, 3.05) is 11.9 Å². The average molecular weight is 316 g/mol. The summed E-state index contributed by atoms with van der Waals surface area (Å²) >= 11 is 0. The van der Waals surface area contributed by atoms with Gasteiger partial charge in [0.25, 0.3) is 0 Å². The molecular formula is C14H18F2N2O4. The quantitative estimate of drug-likeness (QED) is 0.649. The molecule has 0 aromatic heterocycles. The van der Waals surface area contributed by atoms with Crippen LogP contribution in [0.4, 0.5) is 14.5 Å². The monoisotopic (exact) mass is 316 g/mol. The number of carboxylic acids is 1. The lowest BCUT2D eigenvalue weighted by atomic mass is 10.2. The fourth-order valence-corrected chi connectivity index (χ4v) is 1.74. The zero-order chi connectivity index (χ0) is 16.5. The SMILES string of the molecule is CCCC(NCC(=O)Nc1ccc(OC(F)F)cc1)C(=O)O. The third-order valence-electron chi connectivity index (χ3n) is 2.75. The van der Waals surface area contributed by atoms with Gasteiger partial charge in [-0.25, -0.2) is 0 Å². The second kappa shape index (κ2) is 8.93. The zero-order valence-electron chi connectivity index (χ0n) is 12.0. The van der Waals surface area contributed by atoms with Gasteiger partial charge in [-0.05, 0) is 30.7 Å². The molecule has 1 rings (SSSR count). The highest BCUT2D eigenvalue weighted by molar-refractivity contribution is 5.92. The molecule has 8 heteroatoms. The van der Waals surface area contributed by atoms with E-state index in [2.05, 4.69) is 15.4 Å². The van der Waals surface area contributed by atoms with E-state index in [-0.39, 0.29) is 12.3 Å². The number of amides is 1. The summed E-state index contributed by atoms with van der Waals surface area (Å²) < 4.78 is 28.2. The largest absolute Gasteiger partial charge is 0.480 e. The molecule has 0 aliphatic heterocycles. The molecule has 3 N–H and O–H groups in total.